The molecule has 25 heavy (non-hydrogen) atoms. The number of ether oxygens (including phenoxy) is 3. The van der Waals surface area contributed by atoms with Crippen molar-refractivity contribution in [3.8, 4) is 0 Å². The molecule has 2 atom stereocenters. The zero-order chi connectivity index (χ0) is 17.6. The Morgan fingerprint density at radius 1 is 1.28 bits per heavy atom. The Balaban J connectivity index is 0.00000576. The summed E-state index contributed by atoms with van der Waals surface area (Å²) in [6, 6.07) is 0. The fourth-order valence-electron chi connectivity index (χ4n) is 2.70. The molecule has 1 aliphatic heterocycles. The van der Waals surface area contributed by atoms with Crippen LogP contribution in [0.25, 0.3) is 0 Å². The summed E-state index contributed by atoms with van der Waals surface area (Å²) in [5.41, 5.74) is 0. The van der Waals surface area contributed by atoms with Gasteiger partial charge in [0.2, 0.25) is 0 Å². The van der Waals surface area contributed by atoms with Gasteiger partial charge in [-0.15, -0.1) is 24.0 Å². The Bertz CT molecular complexity index is 338. The first-order valence-corrected chi connectivity index (χ1v) is 9.50. The van der Waals surface area contributed by atoms with Crippen molar-refractivity contribution in [3.63, 3.8) is 0 Å². The zero-order valence-electron chi connectivity index (χ0n) is 16.4. The summed E-state index contributed by atoms with van der Waals surface area (Å²) in [5.74, 6) is 1.36. The first kappa shape index (κ1) is 24.9. The minimum atomic E-state index is 0. The van der Waals surface area contributed by atoms with Crippen LogP contribution >= 0.6 is 24.0 Å². The third kappa shape index (κ3) is 12.0. The van der Waals surface area contributed by atoms with Gasteiger partial charge < -0.3 is 24.8 Å². The van der Waals surface area contributed by atoms with Gasteiger partial charge in [-0.3, -0.25) is 4.99 Å². The molecule has 0 bridgehead atoms. The summed E-state index contributed by atoms with van der Waals surface area (Å²) in [6.45, 7) is 13.8. The smallest absolute Gasteiger partial charge is 0.191 e. The van der Waals surface area contributed by atoms with Gasteiger partial charge in [-0.25, -0.2) is 0 Å². The van der Waals surface area contributed by atoms with E-state index in [1.54, 1.807) is 0 Å². The molecule has 1 saturated heterocycles. The van der Waals surface area contributed by atoms with E-state index in [0.29, 0.717) is 25.2 Å². The second-order valence-electron chi connectivity index (χ2n) is 6.42. The molecule has 0 aromatic rings. The summed E-state index contributed by atoms with van der Waals surface area (Å²) in [6.07, 6.45) is 3.78. The van der Waals surface area contributed by atoms with Gasteiger partial charge in [-0.1, -0.05) is 13.8 Å². The largest absolute Gasteiger partial charge is 0.378 e. The van der Waals surface area contributed by atoms with Gasteiger partial charge in [0, 0.05) is 32.8 Å². The number of rotatable bonds is 12. The molecule has 0 saturated carbocycles. The molecule has 0 radical (unpaired) electrons. The SMILES string of the molecule is CCNC(=NCCC(OCC)C(C)C)NCCOCC1CCCO1.I. The first-order valence-electron chi connectivity index (χ1n) is 9.50. The van der Waals surface area contributed by atoms with Gasteiger partial charge in [0.15, 0.2) is 5.96 Å². The van der Waals surface area contributed by atoms with E-state index >= 15 is 0 Å². The molecule has 1 heterocycles. The van der Waals surface area contributed by atoms with Gasteiger partial charge in [0.05, 0.1) is 25.4 Å². The maximum atomic E-state index is 5.77. The lowest BCUT2D eigenvalue weighted by Gasteiger charge is -2.20. The molecule has 1 aliphatic rings. The molecule has 0 spiro atoms. The summed E-state index contributed by atoms with van der Waals surface area (Å²) in [7, 11) is 0. The predicted octanol–water partition coefficient (Wildman–Crippen LogP) is 2.81. The molecular formula is C18H38IN3O3. The molecule has 6 nitrogen and oxygen atoms in total. The maximum Gasteiger partial charge on any atom is 0.191 e. The van der Waals surface area contributed by atoms with Crippen LogP contribution in [0.15, 0.2) is 4.99 Å². The Morgan fingerprint density at radius 3 is 2.68 bits per heavy atom. The minimum Gasteiger partial charge on any atom is -0.378 e. The fraction of sp³-hybridized carbons (Fsp3) is 0.944. The molecule has 2 unspecified atom stereocenters. The minimum absolute atomic E-state index is 0. The van der Waals surface area contributed by atoms with Gasteiger partial charge in [-0.05, 0) is 39.0 Å². The molecule has 0 aromatic carbocycles. The molecule has 1 fully saturated rings. The highest BCUT2D eigenvalue weighted by Gasteiger charge is 2.15. The first-order chi connectivity index (χ1) is 11.7. The van der Waals surface area contributed by atoms with E-state index in [0.717, 1.165) is 58.1 Å². The van der Waals surface area contributed by atoms with E-state index in [9.17, 15) is 0 Å². The van der Waals surface area contributed by atoms with Crippen LogP contribution in [0.4, 0.5) is 0 Å². The lowest BCUT2D eigenvalue weighted by Crippen LogP contribution is -2.39. The standard InChI is InChI=1S/C18H37N3O3.HI/c1-5-19-18(20-10-9-17(15(3)4)23-6-2)21-11-13-22-14-16-8-7-12-24-16;/h15-17H,5-14H2,1-4H3,(H2,19,20,21);1H. The topological polar surface area (TPSA) is 64.1 Å². The quantitative estimate of drug-likeness (QED) is 0.198. The molecular weight excluding hydrogens is 433 g/mol. The molecule has 2 N–H and O–H groups in total. The lowest BCUT2D eigenvalue weighted by molar-refractivity contribution is 0.0191. The molecule has 0 amide bonds. The van der Waals surface area contributed by atoms with Crippen LogP contribution in [0.1, 0.15) is 47.0 Å². The number of hydrogen-bond donors (Lipinski definition) is 2. The number of nitrogens with zero attached hydrogens (tertiary/aromatic N) is 1. The molecule has 0 aromatic heterocycles. The highest BCUT2D eigenvalue weighted by atomic mass is 127. The number of guanidine groups is 1. The normalized spacial score (nSPS) is 18.9. The van der Waals surface area contributed by atoms with Crippen molar-refractivity contribution in [2.45, 2.75) is 59.2 Å². The van der Waals surface area contributed by atoms with Crippen molar-refractivity contribution >= 4 is 29.9 Å². The predicted molar refractivity (Wildman–Crippen MR) is 114 cm³/mol. The van der Waals surface area contributed by atoms with Crippen LogP contribution in [0.2, 0.25) is 0 Å². The molecule has 150 valence electrons. The third-order valence-corrected chi connectivity index (χ3v) is 4.02. The third-order valence-electron chi connectivity index (χ3n) is 4.02. The van der Waals surface area contributed by atoms with E-state index in [4.69, 9.17) is 14.2 Å². The summed E-state index contributed by atoms with van der Waals surface area (Å²) < 4.78 is 17.0. The van der Waals surface area contributed by atoms with Crippen LogP contribution in [-0.2, 0) is 14.2 Å². The van der Waals surface area contributed by atoms with Crippen molar-refractivity contribution in [2.75, 3.05) is 46.1 Å². The van der Waals surface area contributed by atoms with Crippen LogP contribution in [0.5, 0.6) is 0 Å². The van der Waals surface area contributed by atoms with E-state index < -0.39 is 0 Å². The average Bonchev–Trinajstić information content (AvgIpc) is 3.06. The van der Waals surface area contributed by atoms with Crippen molar-refractivity contribution in [1.82, 2.24) is 10.6 Å². The lowest BCUT2D eigenvalue weighted by atomic mass is 10.0. The Labute approximate surface area is 170 Å². The number of hydrogen-bond acceptors (Lipinski definition) is 4. The fourth-order valence-corrected chi connectivity index (χ4v) is 2.70. The van der Waals surface area contributed by atoms with E-state index in [2.05, 4.69) is 36.4 Å². The van der Waals surface area contributed by atoms with Crippen LogP contribution < -0.4 is 10.6 Å². The van der Waals surface area contributed by atoms with Gasteiger partial charge in [0.25, 0.3) is 0 Å². The van der Waals surface area contributed by atoms with Crippen LogP contribution in [-0.4, -0.2) is 64.2 Å². The Morgan fingerprint density at radius 2 is 2.08 bits per heavy atom. The van der Waals surface area contributed by atoms with E-state index in [-0.39, 0.29) is 30.1 Å². The highest BCUT2D eigenvalue weighted by molar-refractivity contribution is 14.0. The van der Waals surface area contributed by atoms with Crippen molar-refractivity contribution in [2.24, 2.45) is 10.9 Å². The van der Waals surface area contributed by atoms with Crippen molar-refractivity contribution in [1.29, 1.82) is 0 Å². The van der Waals surface area contributed by atoms with Crippen molar-refractivity contribution < 1.29 is 14.2 Å². The van der Waals surface area contributed by atoms with Gasteiger partial charge >= 0.3 is 0 Å². The monoisotopic (exact) mass is 471 g/mol. The van der Waals surface area contributed by atoms with Crippen LogP contribution in [0, 0.1) is 5.92 Å². The summed E-state index contributed by atoms with van der Waals surface area (Å²) in [5, 5.41) is 6.58. The van der Waals surface area contributed by atoms with E-state index in [1.165, 1.54) is 0 Å². The van der Waals surface area contributed by atoms with Crippen LogP contribution in [0.3, 0.4) is 0 Å². The Kier molecular flexibility index (Phi) is 16.0. The maximum absolute atomic E-state index is 5.77. The van der Waals surface area contributed by atoms with Gasteiger partial charge in [-0.2, -0.15) is 0 Å². The zero-order valence-corrected chi connectivity index (χ0v) is 18.7. The van der Waals surface area contributed by atoms with E-state index in [1.807, 2.05) is 6.92 Å². The molecule has 1 rings (SSSR count). The second-order valence-corrected chi connectivity index (χ2v) is 6.42. The van der Waals surface area contributed by atoms with Gasteiger partial charge in [0.1, 0.15) is 0 Å². The Hall–Kier alpha value is -0.120. The average molecular weight is 471 g/mol. The molecule has 0 aliphatic carbocycles. The number of nitrogens with one attached hydrogen (secondary N) is 2. The second kappa shape index (κ2) is 16.1. The summed E-state index contributed by atoms with van der Waals surface area (Å²) >= 11 is 0. The van der Waals surface area contributed by atoms with Crippen molar-refractivity contribution in [3.05, 3.63) is 0 Å². The molecule has 7 heteroatoms. The number of aliphatic imine (C=N–C) groups is 1. The summed E-state index contributed by atoms with van der Waals surface area (Å²) in [4.78, 5) is 4.63. The number of halogens is 1. The highest BCUT2D eigenvalue weighted by Crippen LogP contribution is 2.12.